The van der Waals surface area contributed by atoms with Gasteiger partial charge in [0.25, 0.3) is 5.91 Å². The Bertz CT molecular complexity index is 554. The molecule has 2 rings (SSSR count). The minimum absolute atomic E-state index is 0.0863. The Morgan fingerprint density at radius 2 is 2.30 bits per heavy atom. The molecule has 0 bridgehead atoms. The van der Waals surface area contributed by atoms with Gasteiger partial charge in [0, 0.05) is 18.8 Å². The van der Waals surface area contributed by atoms with Crippen molar-refractivity contribution in [3.05, 3.63) is 46.3 Å². The first kappa shape index (κ1) is 14.5. The fraction of sp³-hybridized carbons (Fsp3) is 0.333. The molecule has 2 aromatic rings. The zero-order valence-electron chi connectivity index (χ0n) is 11.7. The van der Waals surface area contributed by atoms with Crippen molar-refractivity contribution in [3.63, 3.8) is 0 Å². The molecule has 0 radical (unpaired) electrons. The first-order valence-electron chi connectivity index (χ1n) is 6.71. The van der Waals surface area contributed by atoms with Crippen LogP contribution in [0.2, 0.25) is 0 Å². The van der Waals surface area contributed by atoms with E-state index >= 15 is 0 Å². The molecule has 2 aromatic heterocycles. The van der Waals surface area contributed by atoms with E-state index in [0.717, 1.165) is 13.0 Å². The number of thiophene rings is 1. The molecule has 4 nitrogen and oxygen atoms in total. The predicted octanol–water partition coefficient (Wildman–Crippen LogP) is 2.94. The SMILES string of the molecule is CCNc1ncccc1C(=O)NC(C)Cc1ccsc1. The van der Waals surface area contributed by atoms with Gasteiger partial charge >= 0.3 is 0 Å². The number of anilines is 1. The van der Waals surface area contributed by atoms with E-state index in [9.17, 15) is 4.79 Å². The summed E-state index contributed by atoms with van der Waals surface area (Å²) in [5.74, 6) is 0.548. The Morgan fingerprint density at radius 3 is 3.00 bits per heavy atom. The van der Waals surface area contributed by atoms with Gasteiger partial charge in [0.05, 0.1) is 5.56 Å². The van der Waals surface area contributed by atoms with Gasteiger partial charge in [-0.15, -0.1) is 0 Å². The standard InChI is InChI=1S/C15H19N3OS/c1-3-16-14-13(5-4-7-17-14)15(19)18-11(2)9-12-6-8-20-10-12/h4-8,10-11H,3,9H2,1-2H3,(H,16,17)(H,18,19). The molecule has 20 heavy (non-hydrogen) atoms. The normalized spacial score (nSPS) is 11.9. The second-order valence-corrected chi connectivity index (χ2v) is 5.42. The number of amides is 1. The smallest absolute Gasteiger partial charge is 0.255 e. The van der Waals surface area contributed by atoms with E-state index in [1.165, 1.54) is 5.56 Å². The van der Waals surface area contributed by atoms with Crippen LogP contribution >= 0.6 is 11.3 Å². The minimum atomic E-state index is -0.0863. The van der Waals surface area contributed by atoms with Crippen LogP contribution in [0.5, 0.6) is 0 Å². The van der Waals surface area contributed by atoms with Crippen molar-refractivity contribution in [1.82, 2.24) is 10.3 Å². The summed E-state index contributed by atoms with van der Waals surface area (Å²) in [4.78, 5) is 16.5. The monoisotopic (exact) mass is 289 g/mol. The molecule has 2 N–H and O–H groups in total. The molecule has 0 aliphatic carbocycles. The molecular formula is C15H19N3OS. The second kappa shape index (κ2) is 7.05. The Morgan fingerprint density at radius 1 is 1.45 bits per heavy atom. The van der Waals surface area contributed by atoms with Gasteiger partial charge in [0.15, 0.2) is 0 Å². The van der Waals surface area contributed by atoms with Crippen molar-refractivity contribution >= 4 is 23.1 Å². The second-order valence-electron chi connectivity index (χ2n) is 4.64. The fourth-order valence-electron chi connectivity index (χ4n) is 2.01. The van der Waals surface area contributed by atoms with Crippen molar-refractivity contribution in [3.8, 4) is 0 Å². The highest BCUT2D eigenvalue weighted by Crippen LogP contribution is 2.12. The van der Waals surface area contributed by atoms with Gasteiger partial charge in [-0.3, -0.25) is 4.79 Å². The molecule has 5 heteroatoms. The molecule has 0 spiro atoms. The summed E-state index contributed by atoms with van der Waals surface area (Å²) in [7, 11) is 0. The van der Waals surface area contributed by atoms with Crippen molar-refractivity contribution in [2.24, 2.45) is 0 Å². The molecule has 0 fully saturated rings. The summed E-state index contributed by atoms with van der Waals surface area (Å²) in [5, 5.41) is 10.3. The Kier molecular flexibility index (Phi) is 5.12. The van der Waals surface area contributed by atoms with Gasteiger partial charge in [-0.25, -0.2) is 4.98 Å². The molecule has 0 saturated carbocycles. The number of carbonyl (C=O) groups excluding carboxylic acids is 1. The zero-order valence-corrected chi connectivity index (χ0v) is 12.5. The van der Waals surface area contributed by atoms with Crippen molar-refractivity contribution in [2.45, 2.75) is 26.3 Å². The van der Waals surface area contributed by atoms with Crippen LogP contribution in [0.1, 0.15) is 29.8 Å². The molecule has 106 valence electrons. The fourth-order valence-corrected chi connectivity index (χ4v) is 2.69. The van der Waals surface area contributed by atoms with Crippen molar-refractivity contribution in [2.75, 3.05) is 11.9 Å². The zero-order chi connectivity index (χ0) is 14.4. The molecule has 2 heterocycles. The van der Waals surface area contributed by atoms with Crippen LogP contribution in [0.15, 0.2) is 35.2 Å². The maximum atomic E-state index is 12.3. The molecule has 0 aliphatic rings. The molecular weight excluding hydrogens is 270 g/mol. The van der Waals surface area contributed by atoms with Crippen LogP contribution in [-0.4, -0.2) is 23.5 Å². The third-order valence-electron chi connectivity index (χ3n) is 2.90. The topological polar surface area (TPSA) is 54.0 Å². The van der Waals surface area contributed by atoms with E-state index in [-0.39, 0.29) is 11.9 Å². The van der Waals surface area contributed by atoms with Gasteiger partial charge in [-0.1, -0.05) is 0 Å². The largest absolute Gasteiger partial charge is 0.370 e. The lowest BCUT2D eigenvalue weighted by Crippen LogP contribution is -2.34. The van der Waals surface area contributed by atoms with Crippen LogP contribution in [0.25, 0.3) is 0 Å². The van der Waals surface area contributed by atoms with E-state index in [1.807, 2.05) is 19.2 Å². The van der Waals surface area contributed by atoms with Crippen molar-refractivity contribution < 1.29 is 4.79 Å². The van der Waals surface area contributed by atoms with Crippen LogP contribution in [0, 0.1) is 0 Å². The Labute approximate surface area is 123 Å². The summed E-state index contributed by atoms with van der Waals surface area (Å²) < 4.78 is 0. The highest BCUT2D eigenvalue weighted by atomic mass is 32.1. The van der Waals surface area contributed by atoms with Crippen LogP contribution in [0.3, 0.4) is 0 Å². The lowest BCUT2D eigenvalue weighted by Gasteiger charge is -2.15. The number of pyridine rings is 1. The van der Waals surface area contributed by atoms with E-state index in [4.69, 9.17) is 0 Å². The van der Waals surface area contributed by atoms with E-state index in [2.05, 4.69) is 27.1 Å². The molecule has 0 aromatic carbocycles. The summed E-state index contributed by atoms with van der Waals surface area (Å²) in [6.07, 6.45) is 2.52. The third kappa shape index (κ3) is 3.81. The first-order chi connectivity index (χ1) is 9.70. The molecule has 0 aliphatic heterocycles. The van der Waals surface area contributed by atoms with Crippen LogP contribution < -0.4 is 10.6 Å². The molecule has 0 saturated heterocycles. The number of carbonyl (C=O) groups is 1. The highest BCUT2D eigenvalue weighted by Gasteiger charge is 2.14. The number of hydrogen-bond acceptors (Lipinski definition) is 4. The lowest BCUT2D eigenvalue weighted by molar-refractivity contribution is 0.0940. The van der Waals surface area contributed by atoms with Gasteiger partial charge in [0.1, 0.15) is 5.82 Å². The average molecular weight is 289 g/mol. The van der Waals surface area contributed by atoms with Gasteiger partial charge < -0.3 is 10.6 Å². The summed E-state index contributed by atoms with van der Waals surface area (Å²) in [6.45, 7) is 4.73. The summed E-state index contributed by atoms with van der Waals surface area (Å²) >= 11 is 1.67. The minimum Gasteiger partial charge on any atom is -0.370 e. The number of nitrogens with one attached hydrogen (secondary N) is 2. The van der Waals surface area contributed by atoms with Gasteiger partial charge in [-0.2, -0.15) is 11.3 Å². The Hall–Kier alpha value is -1.88. The van der Waals surface area contributed by atoms with Gasteiger partial charge in [0.2, 0.25) is 0 Å². The predicted molar refractivity (Wildman–Crippen MR) is 83.4 cm³/mol. The van der Waals surface area contributed by atoms with Crippen LogP contribution in [0.4, 0.5) is 5.82 Å². The maximum absolute atomic E-state index is 12.3. The van der Waals surface area contributed by atoms with Crippen LogP contribution in [-0.2, 0) is 6.42 Å². The summed E-state index contributed by atoms with van der Waals surface area (Å²) in [6, 6.07) is 5.74. The quantitative estimate of drug-likeness (QED) is 0.859. The third-order valence-corrected chi connectivity index (χ3v) is 3.63. The Balaban J connectivity index is 2.00. The molecule has 1 unspecified atom stereocenters. The molecule has 1 amide bonds. The number of nitrogens with zero attached hydrogens (tertiary/aromatic N) is 1. The molecule has 1 atom stereocenters. The van der Waals surface area contributed by atoms with E-state index < -0.39 is 0 Å². The highest BCUT2D eigenvalue weighted by molar-refractivity contribution is 7.07. The maximum Gasteiger partial charge on any atom is 0.255 e. The van der Waals surface area contributed by atoms with E-state index in [0.29, 0.717) is 11.4 Å². The van der Waals surface area contributed by atoms with Gasteiger partial charge in [-0.05, 0) is 54.8 Å². The average Bonchev–Trinajstić information content (AvgIpc) is 2.92. The van der Waals surface area contributed by atoms with Crippen molar-refractivity contribution in [1.29, 1.82) is 0 Å². The van der Waals surface area contributed by atoms with E-state index in [1.54, 1.807) is 29.7 Å². The summed E-state index contributed by atoms with van der Waals surface area (Å²) in [5.41, 5.74) is 1.84. The lowest BCUT2D eigenvalue weighted by atomic mass is 10.1. The number of rotatable bonds is 6. The number of hydrogen-bond donors (Lipinski definition) is 2. The number of aromatic nitrogens is 1. The first-order valence-corrected chi connectivity index (χ1v) is 7.65.